The predicted octanol–water partition coefficient (Wildman–Crippen LogP) is 4.68. The number of pyridine rings is 1. The highest BCUT2D eigenvalue weighted by Gasteiger charge is 2.08. The smallest absolute Gasteiger partial charge is 0.225 e. The van der Waals surface area contributed by atoms with Crippen LogP contribution >= 0.6 is 11.6 Å². The van der Waals surface area contributed by atoms with E-state index in [2.05, 4.69) is 25.6 Å². The largest absolute Gasteiger partial charge is 0.354 e. The number of aryl methyl sites for hydroxylation is 1. The van der Waals surface area contributed by atoms with Crippen molar-refractivity contribution < 1.29 is 0 Å². The third-order valence-corrected chi connectivity index (χ3v) is 3.84. The van der Waals surface area contributed by atoms with E-state index in [1.807, 2.05) is 56.3 Å². The van der Waals surface area contributed by atoms with E-state index in [4.69, 9.17) is 11.6 Å². The zero-order chi connectivity index (χ0) is 16.9. The molecule has 0 spiro atoms. The zero-order valence-electron chi connectivity index (χ0n) is 13.5. The minimum absolute atomic E-state index is 0.564. The monoisotopic (exact) mass is 339 g/mol. The fraction of sp³-hybridized carbons (Fsp3) is 0.167. The lowest BCUT2D eigenvalue weighted by molar-refractivity contribution is 1.08. The Morgan fingerprint density at radius 3 is 2.62 bits per heavy atom. The molecule has 0 fully saturated rings. The molecule has 0 aliphatic carbocycles. The van der Waals surface area contributed by atoms with Gasteiger partial charge in [0.25, 0.3) is 0 Å². The van der Waals surface area contributed by atoms with E-state index in [-0.39, 0.29) is 0 Å². The molecule has 1 aromatic carbocycles. The molecule has 2 N–H and O–H groups in total. The standard InChI is InChI=1S/C18H18ClN5/c1-3-20-18-23-16(15-6-4-5-9-21-15)11-17(24-18)22-13-7-8-14(19)12(2)10-13/h4-11H,3H2,1-2H3,(H2,20,22,23,24). The van der Waals surface area contributed by atoms with Gasteiger partial charge >= 0.3 is 0 Å². The molecule has 5 nitrogen and oxygen atoms in total. The maximum Gasteiger partial charge on any atom is 0.225 e. The Morgan fingerprint density at radius 1 is 1.04 bits per heavy atom. The maximum absolute atomic E-state index is 6.08. The van der Waals surface area contributed by atoms with Gasteiger partial charge in [-0.05, 0) is 49.7 Å². The lowest BCUT2D eigenvalue weighted by Gasteiger charge is -2.11. The number of hydrogen-bond acceptors (Lipinski definition) is 5. The summed E-state index contributed by atoms with van der Waals surface area (Å²) in [6.45, 7) is 4.72. The lowest BCUT2D eigenvalue weighted by atomic mass is 10.2. The minimum atomic E-state index is 0.564. The second-order valence-corrected chi connectivity index (χ2v) is 5.70. The van der Waals surface area contributed by atoms with Crippen molar-refractivity contribution in [1.29, 1.82) is 0 Å². The quantitative estimate of drug-likeness (QED) is 0.707. The fourth-order valence-corrected chi connectivity index (χ4v) is 2.38. The number of halogens is 1. The van der Waals surface area contributed by atoms with Crippen molar-refractivity contribution >= 4 is 29.1 Å². The van der Waals surface area contributed by atoms with Gasteiger partial charge < -0.3 is 10.6 Å². The van der Waals surface area contributed by atoms with Crippen molar-refractivity contribution in [3.63, 3.8) is 0 Å². The van der Waals surface area contributed by atoms with Crippen molar-refractivity contribution in [3.8, 4) is 11.4 Å². The van der Waals surface area contributed by atoms with Gasteiger partial charge in [0.1, 0.15) is 5.82 Å². The van der Waals surface area contributed by atoms with Gasteiger partial charge in [-0.2, -0.15) is 4.98 Å². The average molecular weight is 340 g/mol. The molecule has 0 saturated carbocycles. The molecule has 2 aromatic heterocycles. The summed E-state index contributed by atoms with van der Waals surface area (Å²) in [4.78, 5) is 13.4. The zero-order valence-corrected chi connectivity index (χ0v) is 14.3. The second-order valence-electron chi connectivity index (χ2n) is 5.30. The van der Waals surface area contributed by atoms with Crippen molar-refractivity contribution in [3.05, 3.63) is 59.2 Å². The molecule has 24 heavy (non-hydrogen) atoms. The van der Waals surface area contributed by atoms with Crippen LogP contribution in [0.2, 0.25) is 5.02 Å². The summed E-state index contributed by atoms with van der Waals surface area (Å²) < 4.78 is 0. The van der Waals surface area contributed by atoms with E-state index in [0.717, 1.165) is 34.2 Å². The van der Waals surface area contributed by atoms with Gasteiger partial charge in [-0.25, -0.2) is 4.98 Å². The van der Waals surface area contributed by atoms with Crippen molar-refractivity contribution in [2.75, 3.05) is 17.2 Å². The molecule has 0 aliphatic heterocycles. The summed E-state index contributed by atoms with van der Waals surface area (Å²) in [5, 5.41) is 7.20. The molecule has 0 radical (unpaired) electrons. The van der Waals surface area contributed by atoms with Crippen LogP contribution in [0.3, 0.4) is 0 Å². The molecule has 0 amide bonds. The van der Waals surface area contributed by atoms with Crippen LogP contribution in [-0.2, 0) is 0 Å². The van der Waals surface area contributed by atoms with Crippen LogP contribution in [0.25, 0.3) is 11.4 Å². The third-order valence-electron chi connectivity index (χ3n) is 3.42. The number of anilines is 3. The molecule has 122 valence electrons. The van der Waals surface area contributed by atoms with E-state index in [1.54, 1.807) is 6.20 Å². The molecule has 0 unspecified atom stereocenters. The highest BCUT2D eigenvalue weighted by atomic mass is 35.5. The summed E-state index contributed by atoms with van der Waals surface area (Å²) >= 11 is 6.08. The Bertz CT molecular complexity index is 836. The van der Waals surface area contributed by atoms with Gasteiger partial charge in [0, 0.05) is 29.5 Å². The van der Waals surface area contributed by atoms with Gasteiger partial charge in [0.05, 0.1) is 11.4 Å². The molecule has 0 bridgehead atoms. The Labute approximate surface area is 146 Å². The molecule has 2 heterocycles. The maximum atomic E-state index is 6.08. The first-order chi connectivity index (χ1) is 11.7. The number of nitrogens with zero attached hydrogens (tertiary/aromatic N) is 3. The number of rotatable bonds is 5. The van der Waals surface area contributed by atoms with E-state index in [0.29, 0.717) is 11.8 Å². The van der Waals surface area contributed by atoms with Crippen LogP contribution in [0, 0.1) is 6.92 Å². The van der Waals surface area contributed by atoms with Crippen LogP contribution in [0.1, 0.15) is 12.5 Å². The first-order valence-corrected chi connectivity index (χ1v) is 8.11. The van der Waals surface area contributed by atoms with Crippen LogP contribution in [0.5, 0.6) is 0 Å². The van der Waals surface area contributed by atoms with Crippen molar-refractivity contribution in [2.45, 2.75) is 13.8 Å². The highest BCUT2D eigenvalue weighted by molar-refractivity contribution is 6.31. The van der Waals surface area contributed by atoms with E-state index in [9.17, 15) is 0 Å². The summed E-state index contributed by atoms with van der Waals surface area (Å²) in [6.07, 6.45) is 1.75. The van der Waals surface area contributed by atoms with E-state index in [1.165, 1.54) is 0 Å². The minimum Gasteiger partial charge on any atom is -0.354 e. The SMILES string of the molecule is CCNc1nc(Nc2ccc(Cl)c(C)c2)cc(-c2ccccn2)n1. The van der Waals surface area contributed by atoms with Crippen LogP contribution in [-0.4, -0.2) is 21.5 Å². The molecule has 0 aliphatic rings. The third kappa shape index (κ3) is 3.81. The fourth-order valence-electron chi connectivity index (χ4n) is 2.26. The number of aromatic nitrogens is 3. The van der Waals surface area contributed by atoms with E-state index >= 15 is 0 Å². The number of nitrogens with one attached hydrogen (secondary N) is 2. The highest BCUT2D eigenvalue weighted by Crippen LogP contribution is 2.25. The molecule has 0 atom stereocenters. The van der Waals surface area contributed by atoms with Crippen molar-refractivity contribution in [1.82, 2.24) is 15.0 Å². The van der Waals surface area contributed by atoms with Gasteiger partial charge in [0.15, 0.2) is 0 Å². The number of benzene rings is 1. The summed E-state index contributed by atoms with van der Waals surface area (Å²) in [5.74, 6) is 1.26. The molecular formula is C18H18ClN5. The first-order valence-electron chi connectivity index (χ1n) is 7.73. The van der Waals surface area contributed by atoms with Gasteiger partial charge in [0.2, 0.25) is 5.95 Å². The van der Waals surface area contributed by atoms with Gasteiger partial charge in [-0.1, -0.05) is 17.7 Å². The summed E-state index contributed by atoms with van der Waals surface area (Å²) in [5.41, 5.74) is 3.49. The molecule has 6 heteroatoms. The second kappa shape index (κ2) is 7.27. The van der Waals surface area contributed by atoms with Gasteiger partial charge in [-0.3, -0.25) is 4.98 Å². The molecular weight excluding hydrogens is 322 g/mol. The lowest BCUT2D eigenvalue weighted by Crippen LogP contribution is -2.05. The molecule has 0 saturated heterocycles. The van der Waals surface area contributed by atoms with Crippen molar-refractivity contribution in [2.24, 2.45) is 0 Å². The summed E-state index contributed by atoms with van der Waals surface area (Å²) in [7, 11) is 0. The van der Waals surface area contributed by atoms with Crippen LogP contribution in [0.15, 0.2) is 48.7 Å². The predicted molar refractivity (Wildman–Crippen MR) is 98.9 cm³/mol. The topological polar surface area (TPSA) is 62.7 Å². The normalized spacial score (nSPS) is 10.5. The van der Waals surface area contributed by atoms with Crippen LogP contribution in [0.4, 0.5) is 17.5 Å². The van der Waals surface area contributed by atoms with Gasteiger partial charge in [-0.15, -0.1) is 0 Å². The van der Waals surface area contributed by atoms with Crippen LogP contribution < -0.4 is 10.6 Å². The Balaban J connectivity index is 1.97. The average Bonchev–Trinajstić information content (AvgIpc) is 2.59. The Hall–Kier alpha value is -2.66. The first kappa shape index (κ1) is 16.2. The molecule has 3 rings (SSSR count). The van der Waals surface area contributed by atoms with E-state index < -0.39 is 0 Å². The summed E-state index contributed by atoms with van der Waals surface area (Å²) in [6, 6.07) is 13.4. The molecule has 3 aromatic rings. The Kier molecular flexibility index (Phi) is 4.91. The number of hydrogen-bond donors (Lipinski definition) is 2. The Morgan fingerprint density at radius 2 is 1.92 bits per heavy atom.